The van der Waals surface area contributed by atoms with E-state index >= 15 is 0 Å². The molecule has 1 rings (SSSR count). The van der Waals surface area contributed by atoms with Crippen LogP contribution < -0.4 is 11.3 Å². The van der Waals surface area contributed by atoms with Crippen molar-refractivity contribution in [3.05, 3.63) is 0 Å². The lowest BCUT2D eigenvalue weighted by Gasteiger charge is -2.00. The number of hydrogen-bond donors (Lipinski definition) is 2. The van der Waals surface area contributed by atoms with E-state index in [0.717, 1.165) is 6.42 Å². The van der Waals surface area contributed by atoms with E-state index in [-0.39, 0.29) is 11.8 Å². The van der Waals surface area contributed by atoms with Crippen molar-refractivity contribution in [2.24, 2.45) is 23.6 Å². The van der Waals surface area contributed by atoms with Gasteiger partial charge < -0.3 is 0 Å². The number of nitrogens with two attached hydrogens (primary N) is 1. The molecule has 3 heteroatoms. The van der Waals surface area contributed by atoms with Crippen LogP contribution in [0.1, 0.15) is 20.3 Å². The number of hydrazine groups is 1. The minimum atomic E-state index is -0.00120. The molecule has 0 heterocycles. The van der Waals surface area contributed by atoms with Crippen LogP contribution in [0.4, 0.5) is 0 Å². The van der Waals surface area contributed by atoms with Gasteiger partial charge in [-0.2, -0.15) is 0 Å². The van der Waals surface area contributed by atoms with E-state index in [1.165, 1.54) is 0 Å². The maximum absolute atomic E-state index is 10.9. The minimum Gasteiger partial charge on any atom is -0.294 e. The monoisotopic (exact) mass is 142 g/mol. The van der Waals surface area contributed by atoms with E-state index in [9.17, 15) is 4.79 Å². The van der Waals surface area contributed by atoms with Crippen LogP contribution in [0.25, 0.3) is 0 Å². The Balaban J connectivity index is 2.31. The van der Waals surface area contributed by atoms with Gasteiger partial charge in [0, 0.05) is 5.92 Å². The summed E-state index contributed by atoms with van der Waals surface area (Å²) in [6, 6.07) is 0. The van der Waals surface area contributed by atoms with Gasteiger partial charge in [-0.25, -0.2) is 5.84 Å². The summed E-state index contributed by atoms with van der Waals surface area (Å²) in [5.74, 6) is 6.36. The third kappa shape index (κ3) is 1.29. The van der Waals surface area contributed by atoms with Crippen LogP contribution >= 0.6 is 0 Å². The molecule has 0 saturated heterocycles. The SMILES string of the molecule is CC(C)C1CC1C(=O)NN. The van der Waals surface area contributed by atoms with Crippen LogP contribution in [0, 0.1) is 17.8 Å². The predicted octanol–water partition coefficient (Wildman–Crippen LogP) is 0.268. The molecule has 0 spiro atoms. The molecule has 3 nitrogen and oxygen atoms in total. The van der Waals surface area contributed by atoms with Gasteiger partial charge in [-0.05, 0) is 18.3 Å². The van der Waals surface area contributed by atoms with Crippen molar-refractivity contribution < 1.29 is 4.79 Å². The first-order valence-corrected chi connectivity index (χ1v) is 3.67. The predicted molar refractivity (Wildman–Crippen MR) is 38.8 cm³/mol. The Morgan fingerprint density at radius 2 is 2.30 bits per heavy atom. The second-order valence-electron chi connectivity index (χ2n) is 3.26. The highest BCUT2D eigenvalue weighted by Crippen LogP contribution is 2.43. The first-order chi connectivity index (χ1) is 4.66. The molecule has 1 aliphatic carbocycles. The summed E-state index contributed by atoms with van der Waals surface area (Å²) in [6.45, 7) is 4.27. The van der Waals surface area contributed by atoms with Crippen LogP contribution in [-0.4, -0.2) is 5.91 Å². The van der Waals surface area contributed by atoms with Gasteiger partial charge in [0.2, 0.25) is 5.91 Å². The van der Waals surface area contributed by atoms with Gasteiger partial charge in [0.1, 0.15) is 0 Å². The highest BCUT2D eigenvalue weighted by atomic mass is 16.2. The molecule has 1 fully saturated rings. The number of carbonyl (C=O) groups excluding carboxylic acids is 1. The third-order valence-corrected chi connectivity index (χ3v) is 2.18. The molecule has 0 aromatic rings. The van der Waals surface area contributed by atoms with E-state index in [1.54, 1.807) is 0 Å². The largest absolute Gasteiger partial charge is 0.294 e. The molecule has 1 saturated carbocycles. The summed E-state index contributed by atoms with van der Waals surface area (Å²) in [6.07, 6.45) is 1.01. The van der Waals surface area contributed by atoms with Crippen molar-refractivity contribution in [2.45, 2.75) is 20.3 Å². The minimum absolute atomic E-state index is 0.00120. The molecule has 3 N–H and O–H groups in total. The molecule has 0 aliphatic heterocycles. The summed E-state index contributed by atoms with van der Waals surface area (Å²) >= 11 is 0. The van der Waals surface area contributed by atoms with E-state index in [2.05, 4.69) is 19.3 Å². The Labute approximate surface area is 60.9 Å². The molecule has 2 atom stereocenters. The number of rotatable bonds is 2. The lowest BCUT2D eigenvalue weighted by molar-refractivity contribution is -0.122. The molecule has 0 aromatic heterocycles. The van der Waals surface area contributed by atoms with Gasteiger partial charge in [-0.15, -0.1) is 0 Å². The van der Waals surface area contributed by atoms with Crippen molar-refractivity contribution >= 4 is 5.91 Å². The maximum atomic E-state index is 10.9. The molecule has 1 aliphatic rings. The van der Waals surface area contributed by atoms with Gasteiger partial charge >= 0.3 is 0 Å². The normalized spacial score (nSPS) is 30.4. The Morgan fingerprint density at radius 1 is 1.70 bits per heavy atom. The van der Waals surface area contributed by atoms with Gasteiger partial charge in [0.25, 0.3) is 0 Å². The zero-order chi connectivity index (χ0) is 7.72. The molecule has 58 valence electrons. The fourth-order valence-electron chi connectivity index (χ4n) is 1.36. The summed E-state index contributed by atoms with van der Waals surface area (Å²) in [4.78, 5) is 10.9. The number of nitrogens with one attached hydrogen (secondary N) is 1. The molecule has 0 aromatic carbocycles. The molecule has 10 heavy (non-hydrogen) atoms. The summed E-state index contributed by atoms with van der Waals surface area (Å²) in [5, 5.41) is 0. The third-order valence-electron chi connectivity index (χ3n) is 2.18. The van der Waals surface area contributed by atoms with Crippen LogP contribution in [0.2, 0.25) is 0 Å². The van der Waals surface area contributed by atoms with Crippen LogP contribution in [0.3, 0.4) is 0 Å². The Bertz CT molecular complexity index is 145. The zero-order valence-electron chi connectivity index (χ0n) is 6.42. The van der Waals surface area contributed by atoms with Gasteiger partial charge in [-0.3, -0.25) is 10.2 Å². The second kappa shape index (κ2) is 2.58. The van der Waals surface area contributed by atoms with E-state index in [0.29, 0.717) is 11.8 Å². The molecular formula is C7H14N2O. The van der Waals surface area contributed by atoms with E-state index < -0.39 is 0 Å². The lowest BCUT2D eigenvalue weighted by Crippen LogP contribution is -2.32. The Kier molecular flexibility index (Phi) is 1.94. The molecule has 2 unspecified atom stereocenters. The van der Waals surface area contributed by atoms with Crippen molar-refractivity contribution in [1.82, 2.24) is 5.43 Å². The highest BCUT2D eigenvalue weighted by molar-refractivity contribution is 5.80. The number of amides is 1. The van der Waals surface area contributed by atoms with Crippen LogP contribution in [-0.2, 0) is 4.79 Å². The Morgan fingerprint density at radius 3 is 2.60 bits per heavy atom. The van der Waals surface area contributed by atoms with E-state index in [4.69, 9.17) is 5.84 Å². The first-order valence-electron chi connectivity index (χ1n) is 3.67. The van der Waals surface area contributed by atoms with E-state index in [1.807, 2.05) is 0 Å². The van der Waals surface area contributed by atoms with Crippen molar-refractivity contribution in [3.8, 4) is 0 Å². The molecular weight excluding hydrogens is 128 g/mol. The molecule has 1 amide bonds. The zero-order valence-corrected chi connectivity index (χ0v) is 6.42. The van der Waals surface area contributed by atoms with Crippen LogP contribution in [0.5, 0.6) is 0 Å². The lowest BCUT2D eigenvalue weighted by atomic mass is 10.1. The summed E-state index contributed by atoms with van der Waals surface area (Å²) < 4.78 is 0. The quantitative estimate of drug-likeness (QED) is 0.330. The van der Waals surface area contributed by atoms with Gasteiger partial charge in [-0.1, -0.05) is 13.8 Å². The number of carbonyl (C=O) groups is 1. The smallest absolute Gasteiger partial charge is 0.237 e. The average Bonchev–Trinajstić information content (AvgIpc) is 2.64. The Hall–Kier alpha value is -0.570. The summed E-state index contributed by atoms with van der Waals surface area (Å²) in [5.41, 5.74) is 2.17. The van der Waals surface area contributed by atoms with Gasteiger partial charge in [0.15, 0.2) is 0 Å². The van der Waals surface area contributed by atoms with Crippen molar-refractivity contribution in [2.75, 3.05) is 0 Å². The standard InChI is InChI=1S/C7H14N2O/c1-4(2)5-3-6(5)7(10)9-8/h4-6H,3,8H2,1-2H3,(H,9,10). The second-order valence-corrected chi connectivity index (χ2v) is 3.26. The molecule has 0 radical (unpaired) electrons. The van der Waals surface area contributed by atoms with Gasteiger partial charge in [0.05, 0.1) is 0 Å². The van der Waals surface area contributed by atoms with Crippen molar-refractivity contribution in [3.63, 3.8) is 0 Å². The maximum Gasteiger partial charge on any atom is 0.237 e. The average molecular weight is 142 g/mol. The first kappa shape index (κ1) is 7.54. The fourth-order valence-corrected chi connectivity index (χ4v) is 1.36. The van der Waals surface area contributed by atoms with Crippen molar-refractivity contribution in [1.29, 1.82) is 0 Å². The fraction of sp³-hybridized carbons (Fsp3) is 0.857. The summed E-state index contributed by atoms with van der Waals surface area (Å²) in [7, 11) is 0. The topological polar surface area (TPSA) is 55.1 Å². The highest BCUT2D eigenvalue weighted by Gasteiger charge is 2.44. The number of hydrogen-bond acceptors (Lipinski definition) is 2. The van der Waals surface area contributed by atoms with Crippen LogP contribution in [0.15, 0.2) is 0 Å². The molecule has 0 bridgehead atoms.